The Balaban J connectivity index is 1.95. The highest BCUT2D eigenvalue weighted by Gasteiger charge is 2.34. The maximum atomic E-state index is 12.4. The zero-order valence-corrected chi connectivity index (χ0v) is 22.7. The summed E-state index contributed by atoms with van der Waals surface area (Å²) in [5.74, 6) is -0.266. The van der Waals surface area contributed by atoms with E-state index in [-0.39, 0.29) is 22.7 Å². The number of primary amides is 1. The number of carbonyl (C=O) groups is 2. The highest BCUT2D eigenvalue weighted by molar-refractivity contribution is 8.00. The lowest BCUT2D eigenvalue weighted by molar-refractivity contribution is -0.117. The van der Waals surface area contributed by atoms with E-state index in [4.69, 9.17) is 10.5 Å². The van der Waals surface area contributed by atoms with E-state index in [0.29, 0.717) is 36.3 Å². The van der Waals surface area contributed by atoms with E-state index < -0.39 is 35.0 Å². The van der Waals surface area contributed by atoms with Crippen LogP contribution in [0.3, 0.4) is 0 Å². The van der Waals surface area contributed by atoms with Crippen molar-refractivity contribution in [2.24, 2.45) is 5.73 Å². The molecule has 0 aliphatic carbocycles. The summed E-state index contributed by atoms with van der Waals surface area (Å²) in [5, 5.41) is 33.0. The Bertz CT molecular complexity index is 1270. The fourth-order valence-electron chi connectivity index (χ4n) is 4.28. The Labute approximate surface area is 226 Å². The summed E-state index contributed by atoms with van der Waals surface area (Å²) in [6, 6.07) is 12.8. The molecule has 0 saturated carbocycles. The van der Waals surface area contributed by atoms with Crippen molar-refractivity contribution in [1.29, 1.82) is 10.5 Å². The van der Waals surface area contributed by atoms with Gasteiger partial charge in [-0.2, -0.15) is 10.5 Å². The second-order valence-electron chi connectivity index (χ2n) is 9.91. The lowest BCUT2D eigenvalue weighted by Crippen LogP contribution is -2.55. The van der Waals surface area contributed by atoms with Crippen molar-refractivity contribution in [2.75, 3.05) is 18.0 Å². The van der Waals surface area contributed by atoms with Crippen molar-refractivity contribution in [3.63, 3.8) is 0 Å². The number of thioether (sulfide) groups is 1. The molecule has 1 saturated heterocycles. The zero-order chi connectivity index (χ0) is 28.0. The Hall–Kier alpha value is -3.80. The summed E-state index contributed by atoms with van der Waals surface area (Å²) < 4.78 is 5.30. The van der Waals surface area contributed by atoms with Gasteiger partial charge in [0.2, 0.25) is 5.91 Å². The quantitative estimate of drug-likeness (QED) is 0.451. The average molecular weight is 537 g/mol. The number of hydrogen-bond acceptors (Lipinski definition) is 9. The van der Waals surface area contributed by atoms with E-state index in [1.165, 1.54) is 0 Å². The third kappa shape index (κ3) is 6.74. The molecule has 2 heterocycles. The van der Waals surface area contributed by atoms with E-state index in [1.54, 1.807) is 49.9 Å². The molecule has 4 N–H and O–H groups in total. The number of rotatable bonds is 7. The number of ether oxygens (including phenoxy) is 1. The highest BCUT2D eigenvalue weighted by Crippen LogP contribution is 2.40. The molecule has 1 aromatic carbocycles. The van der Waals surface area contributed by atoms with E-state index in [9.17, 15) is 25.2 Å². The predicted octanol–water partition coefficient (Wildman–Crippen LogP) is 3.17. The summed E-state index contributed by atoms with van der Waals surface area (Å²) in [5.41, 5.74) is 6.70. The molecule has 10 nitrogen and oxygen atoms in total. The predicted molar refractivity (Wildman–Crippen MR) is 143 cm³/mol. The van der Waals surface area contributed by atoms with Gasteiger partial charge >= 0.3 is 6.09 Å². The highest BCUT2D eigenvalue weighted by atomic mass is 32.2. The van der Waals surface area contributed by atoms with Gasteiger partial charge in [-0.25, -0.2) is 9.78 Å². The molecule has 3 rings (SSSR count). The van der Waals surface area contributed by atoms with Gasteiger partial charge in [0, 0.05) is 13.1 Å². The lowest BCUT2D eigenvalue weighted by atomic mass is 9.98. The monoisotopic (exact) mass is 536 g/mol. The Morgan fingerprint density at radius 2 is 1.92 bits per heavy atom. The van der Waals surface area contributed by atoms with Crippen molar-refractivity contribution in [3.05, 3.63) is 52.6 Å². The lowest BCUT2D eigenvalue weighted by Gasteiger charge is -2.37. The van der Waals surface area contributed by atoms with Crippen molar-refractivity contribution < 1.29 is 19.4 Å². The number of aromatic nitrogens is 1. The number of anilines is 1. The average Bonchev–Trinajstić information content (AvgIpc) is 2.86. The van der Waals surface area contributed by atoms with Crippen LogP contribution in [0.1, 0.15) is 61.6 Å². The Morgan fingerprint density at radius 3 is 2.45 bits per heavy atom. The molecule has 200 valence electrons. The topological polar surface area (TPSA) is 165 Å². The number of carbonyl (C=O) groups excluding carboxylic acids is 2. The number of nitrogens with two attached hydrogens (primary N) is 1. The fourth-order valence-corrected chi connectivity index (χ4v) is 5.34. The summed E-state index contributed by atoms with van der Waals surface area (Å²) in [4.78, 5) is 31.0. The Morgan fingerprint density at radius 1 is 1.26 bits per heavy atom. The molecule has 2 aromatic rings. The molecular formula is C27H32N6O4S. The summed E-state index contributed by atoms with van der Waals surface area (Å²) in [6.45, 7) is 7.59. The number of β-amino-alcohol motifs (C(OH)–C–C–N with tert-alkyl or cyclic N) is 1. The van der Waals surface area contributed by atoms with Crippen LogP contribution in [-0.2, 0) is 16.0 Å². The molecule has 1 aliphatic rings. The van der Waals surface area contributed by atoms with Crippen LogP contribution >= 0.6 is 11.8 Å². The fraction of sp³-hybridized carbons (Fsp3) is 0.444. The van der Waals surface area contributed by atoms with Crippen molar-refractivity contribution >= 4 is 29.6 Å². The largest absolute Gasteiger partial charge is 0.444 e. The van der Waals surface area contributed by atoms with Crippen LogP contribution in [0.25, 0.3) is 0 Å². The number of benzene rings is 1. The Kier molecular flexibility index (Phi) is 9.21. The maximum Gasteiger partial charge on any atom is 0.407 e. The van der Waals surface area contributed by atoms with Crippen LogP contribution < -0.4 is 16.0 Å². The van der Waals surface area contributed by atoms with Gasteiger partial charge in [0.25, 0.3) is 0 Å². The minimum Gasteiger partial charge on any atom is -0.444 e. The van der Waals surface area contributed by atoms with E-state index in [2.05, 4.69) is 22.4 Å². The standard InChI is InChI=1S/C27H32N6O4S/c1-5-17-18(13-28)24(33-12-11-20(21(34)15-33)31-26(36)37-27(2,3)4)32-25(19(17)14-29)38-22(23(30)35)16-9-7-6-8-10-16/h6-10,20-22,34H,5,11-12,15H2,1-4H3,(H2,30,35)(H,31,36)/t20-,21+,22-/m1/s1. The number of nitrogens with zero attached hydrogens (tertiary/aromatic N) is 4. The van der Waals surface area contributed by atoms with Gasteiger partial charge in [-0.05, 0) is 44.7 Å². The van der Waals surface area contributed by atoms with Crippen molar-refractivity contribution in [1.82, 2.24) is 10.3 Å². The molecule has 1 fully saturated rings. The number of piperidine rings is 1. The zero-order valence-electron chi connectivity index (χ0n) is 21.9. The first-order valence-electron chi connectivity index (χ1n) is 12.3. The molecule has 11 heteroatoms. The van der Waals surface area contributed by atoms with Gasteiger partial charge < -0.3 is 25.8 Å². The van der Waals surface area contributed by atoms with Crippen LogP contribution in [0.4, 0.5) is 10.6 Å². The van der Waals surface area contributed by atoms with E-state index >= 15 is 0 Å². The molecule has 0 unspecified atom stereocenters. The summed E-state index contributed by atoms with van der Waals surface area (Å²) in [6.07, 6.45) is -0.801. The first-order chi connectivity index (χ1) is 18.0. The number of alkyl carbamates (subject to hydrolysis) is 1. The maximum absolute atomic E-state index is 12.4. The number of hydrogen-bond donors (Lipinski definition) is 3. The normalized spacial score (nSPS) is 18.1. The van der Waals surface area contributed by atoms with Crippen LogP contribution in [0.5, 0.6) is 0 Å². The first-order valence-corrected chi connectivity index (χ1v) is 13.2. The van der Waals surface area contributed by atoms with Gasteiger partial charge in [0.1, 0.15) is 33.8 Å². The minimum absolute atomic E-state index is 0.0965. The van der Waals surface area contributed by atoms with Gasteiger partial charge in [-0.1, -0.05) is 49.0 Å². The van der Waals surface area contributed by atoms with Crippen LogP contribution in [0, 0.1) is 22.7 Å². The third-order valence-electron chi connectivity index (χ3n) is 6.00. The van der Waals surface area contributed by atoms with Crippen LogP contribution in [0.15, 0.2) is 35.4 Å². The van der Waals surface area contributed by atoms with Gasteiger partial charge in [0.05, 0.1) is 23.3 Å². The smallest absolute Gasteiger partial charge is 0.407 e. The molecule has 2 amide bonds. The molecule has 0 spiro atoms. The van der Waals surface area contributed by atoms with E-state index in [0.717, 1.165) is 11.8 Å². The summed E-state index contributed by atoms with van der Waals surface area (Å²) in [7, 11) is 0. The van der Waals surface area contributed by atoms with Crippen LogP contribution in [-0.4, -0.2) is 52.9 Å². The number of pyridine rings is 1. The van der Waals surface area contributed by atoms with Crippen molar-refractivity contribution in [2.45, 2.75) is 68.6 Å². The summed E-state index contributed by atoms with van der Waals surface area (Å²) >= 11 is 1.06. The SMILES string of the molecule is CCc1c(C#N)c(S[C@@H](C(N)=O)c2ccccc2)nc(N2CC[C@@H](NC(=O)OC(C)(C)C)[C@@H](O)C2)c1C#N. The van der Waals surface area contributed by atoms with Gasteiger partial charge in [0.15, 0.2) is 0 Å². The minimum atomic E-state index is -0.955. The number of aliphatic hydroxyl groups excluding tert-OH is 1. The molecule has 0 bridgehead atoms. The number of nitrogens with one attached hydrogen (secondary N) is 1. The van der Waals surface area contributed by atoms with E-state index in [1.807, 2.05) is 13.0 Å². The molecule has 1 aromatic heterocycles. The molecular weight excluding hydrogens is 504 g/mol. The third-order valence-corrected chi connectivity index (χ3v) is 7.26. The molecule has 0 radical (unpaired) electrons. The molecule has 1 aliphatic heterocycles. The number of aliphatic hydroxyl groups is 1. The van der Waals surface area contributed by atoms with Crippen LogP contribution in [0.2, 0.25) is 0 Å². The van der Waals surface area contributed by atoms with Crippen molar-refractivity contribution in [3.8, 4) is 12.1 Å². The molecule has 3 atom stereocenters. The molecule has 38 heavy (non-hydrogen) atoms. The number of nitriles is 2. The second-order valence-corrected chi connectivity index (χ2v) is 11.0. The van der Waals surface area contributed by atoms with Gasteiger partial charge in [-0.3, -0.25) is 4.79 Å². The second kappa shape index (κ2) is 12.2. The first kappa shape index (κ1) is 28.8. The van der Waals surface area contributed by atoms with Gasteiger partial charge in [-0.15, -0.1) is 0 Å². The number of amides is 2.